The summed E-state index contributed by atoms with van der Waals surface area (Å²) in [6.45, 7) is 0.390. The third kappa shape index (κ3) is 8.77. The molecule has 0 fully saturated rings. The molecule has 9 nitrogen and oxygen atoms in total. The smallest absolute Gasteiger partial charge is 0.407 e. The predicted octanol–water partition coefficient (Wildman–Crippen LogP) is 5.53. The molecule has 3 N–H and O–H groups in total. The summed E-state index contributed by atoms with van der Waals surface area (Å²) >= 11 is 1.34. The van der Waals surface area contributed by atoms with Crippen LogP contribution >= 0.6 is 11.3 Å². The third-order valence-electron chi connectivity index (χ3n) is 6.24. The molecule has 0 bridgehead atoms. The topological polar surface area (TPSA) is 123 Å². The molecule has 1 aromatic heterocycles. The molecule has 10 heteroatoms. The first-order chi connectivity index (χ1) is 20.4. The minimum absolute atomic E-state index is 0.146. The maximum Gasteiger partial charge on any atom is 0.407 e. The highest BCUT2D eigenvalue weighted by molar-refractivity contribution is 7.20. The predicted molar refractivity (Wildman–Crippen MR) is 163 cm³/mol. The van der Waals surface area contributed by atoms with Gasteiger partial charge < -0.3 is 25.4 Å². The molecule has 0 aliphatic rings. The van der Waals surface area contributed by atoms with Crippen molar-refractivity contribution in [2.24, 2.45) is 0 Å². The molecule has 42 heavy (non-hydrogen) atoms. The van der Waals surface area contributed by atoms with E-state index >= 15 is 0 Å². The second-order valence-electron chi connectivity index (χ2n) is 9.24. The van der Waals surface area contributed by atoms with E-state index < -0.39 is 24.0 Å². The zero-order valence-electron chi connectivity index (χ0n) is 23.0. The minimum Gasteiger partial charge on any atom is -0.466 e. The number of esters is 1. The summed E-state index contributed by atoms with van der Waals surface area (Å²) in [7, 11) is 1.28. The van der Waals surface area contributed by atoms with Gasteiger partial charge in [0, 0.05) is 23.0 Å². The molecule has 1 atom stereocenters. The number of alkyl carbamates (subject to hydrolysis) is 1. The van der Waals surface area contributed by atoms with Gasteiger partial charge in [0.05, 0.1) is 12.0 Å². The Morgan fingerprint density at radius 1 is 0.929 bits per heavy atom. The van der Waals surface area contributed by atoms with Crippen molar-refractivity contribution in [3.63, 3.8) is 0 Å². The van der Waals surface area contributed by atoms with Gasteiger partial charge in [-0.2, -0.15) is 0 Å². The van der Waals surface area contributed by atoms with E-state index in [0.29, 0.717) is 22.5 Å². The Kier molecular flexibility index (Phi) is 10.8. The molecule has 0 radical (unpaired) electrons. The number of anilines is 1. The van der Waals surface area contributed by atoms with Crippen LogP contribution in [0.4, 0.5) is 10.5 Å². The van der Waals surface area contributed by atoms with Gasteiger partial charge in [-0.1, -0.05) is 66.7 Å². The summed E-state index contributed by atoms with van der Waals surface area (Å²) in [4.78, 5) is 50.8. The van der Waals surface area contributed by atoms with Gasteiger partial charge in [0.25, 0.3) is 5.91 Å². The number of carbonyl (C=O) groups excluding carboxylic acids is 4. The van der Waals surface area contributed by atoms with Gasteiger partial charge >= 0.3 is 12.1 Å². The standard InChI is InChI=1S/C32H31N3O6S/c1-40-29(36)18-17-23-12-5-7-14-25(23)34-30(37)26(35-31(38)28-20-24-13-6-8-16-27(24)42-28)15-9-19-33-32(39)41-21-22-10-3-2-4-11-22/h2-8,10-14,16-18,20,26H,9,15,19,21H2,1H3,(H,33,39)(H,34,37)(H,35,38)/t26-/m0/s1. The van der Waals surface area contributed by atoms with Crippen LogP contribution in [-0.2, 0) is 25.7 Å². The number of thiophene rings is 1. The number of nitrogens with one attached hydrogen (secondary N) is 3. The van der Waals surface area contributed by atoms with Crippen LogP contribution in [0.5, 0.6) is 0 Å². The van der Waals surface area contributed by atoms with E-state index in [4.69, 9.17) is 4.74 Å². The molecule has 3 aromatic carbocycles. The number of carbonyl (C=O) groups is 4. The van der Waals surface area contributed by atoms with E-state index in [1.807, 2.05) is 54.6 Å². The van der Waals surface area contributed by atoms with Crippen LogP contribution in [0, 0.1) is 0 Å². The normalized spacial score (nSPS) is 11.5. The van der Waals surface area contributed by atoms with Crippen molar-refractivity contribution in [1.29, 1.82) is 0 Å². The third-order valence-corrected chi connectivity index (χ3v) is 7.36. The van der Waals surface area contributed by atoms with Crippen molar-refractivity contribution in [2.75, 3.05) is 19.0 Å². The van der Waals surface area contributed by atoms with Crippen LogP contribution in [0.15, 0.2) is 91.0 Å². The number of hydrogen-bond donors (Lipinski definition) is 3. The fourth-order valence-electron chi connectivity index (χ4n) is 4.06. The highest BCUT2D eigenvalue weighted by Crippen LogP contribution is 2.25. The van der Waals surface area contributed by atoms with Crippen LogP contribution in [0.3, 0.4) is 0 Å². The van der Waals surface area contributed by atoms with Crippen molar-refractivity contribution in [3.8, 4) is 0 Å². The summed E-state index contributed by atoms with van der Waals surface area (Å²) in [6, 6.07) is 24.8. The number of para-hydroxylation sites is 1. The molecule has 0 saturated carbocycles. The SMILES string of the molecule is COC(=O)C=Cc1ccccc1NC(=O)[C@H](CCCNC(=O)OCc1ccccc1)NC(=O)c1cc2ccccc2s1. The highest BCUT2D eigenvalue weighted by Gasteiger charge is 2.23. The van der Waals surface area contributed by atoms with Crippen LogP contribution < -0.4 is 16.0 Å². The van der Waals surface area contributed by atoms with E-state index in [1.165, 1.54) is 30.6 Å². The summed E-state index contributed by atoms with van der Waals surface area (Å²) in [5, 5.41) is 9.34. The molecule has 1 heterocycles. The summed E-state index contributed by atoms with van der Waals surface area (Å²) in [6.07, 6.45) is 2.88. The van der Waals surface area contributed by atoms with E-state index in [1.54, 1.807) is 30.3 Å². The number of methoxy groups -OCH3 is 1. The summed E-state index contributed by atoms with van der Waals surface area (Å²) in [5.41, 5.74) is 1.93. The number of hydrogen-bond acceptors (Lipinski definition) is 7. The lowest BCUT2D eigenvalue weighted by atomic mass is 10.1. The average molecular weight is 586 g/mol. The number of rotatable bonds is 12. The first-order valence-electron chi connectivity index (χ1n) is 13.3. The van der Waals surface area contributed by atoms with Gasteiger partial charge in [-0.15, -0.1) is 11.3 Å². The van der Waals surface area contributed by atoms with Crippen LogP contribution in [0.1, 0.15) is 33.6 Å². The molecule has 3 amide bonds. The lowest BCUT2D eigenvalue weighted by Crippen LogP contribution is -2.44. The van der Waals surface area contributed by atoms with Gasteiger partial charge in [0.15, 0.2) is 0 Å². The van der Waals surface area contributed by atoms with Crippen molar-refractivity contribution in [1.82, 2.24) is 10.6 Å². The molecule has 0 unspecified atom stereocenters. The minimum atomic E-state index is -0.900. The van der Waals surface area contributed by atoms with Crippen LogP contribution in [-0.4, -0.2) is 43.6 Å². The van der Waals surface area contributed by atoms with E-state index in [9.17, 15) is 19.2 Å². The first-order valence-corrected chi connectivity index (χ1v) is 14.1. The average Bonchev–Trinajstić information content (AvgIpc) is 3.46. The number of fused-ring (bicyclic) bond motifs is 1. The molecule has 4 rings (SSSR count). The molecule has 0 saturated heterocycles. The lowest BCUT2D eigenvalue weighted by molar-refractivity contribution is -0.134. The monoisotopic (exact) mass is 585 g/mol. The fraction of sp³-hybridized carbons (Fsp3) is 0.188. The van der Waals surface area contributed by atoms with Crippen molar-refractivity contribution in [3.05, 3.63) is 107 Å². The van der Waals surface area contributed by atoms with Gasteiger partial charge in [-0.3, -0.25) is 9.59 Å². The van der Waals surface area contributed by atoms with Gasteiger partial charge in [0.2, 0.25) is 5.91 Å². The van der Waals surface area contributed by atoms with E-state index in [2.05, 4.69) is 20.7 Å². The lowest BCUT2D eigenvalue weighted by Gasteiger charge is -2.19. The largest absolute Gasteiger partial charge is 0.466 e. The second kappa shape index (κ2) is 15.2. The first kappa shape index (κ1) is 30.0. The second-order valence-corrected chi connectivity index (χ2v) is 10.3. The molecule has 0 aliphatic carbocycles. The zero-order chi connectivity index (χ0) is 29.7. The van der Waals surface area contributed by atoms with E-state index in [-0.39, 0.29) is 25.5 Å². The number of amides is 3. The Labute approximate surface area is 247 Å². The quantitative estimate of drug-likeness (QED) is 0.114. The molecular weight excluding hydrogens is 554 g/mol. The van der Waals surface area contributed by atoms with E-state index in [0.717, 1.165) is 15.6 Å². The van der Waals surface area contributed by atoms with Gasteiger partial charge in [-0.05, 0) is 53.6 Å². The highest BCUT2D eigenvalue weighted by atomic mass is 32.1. The number of ether oxygens (including phenoxy) is 2. The Balaban J connectivity index is 1.40. The zero-order valence-corrected chi connectivity index (χ0v) is 23.8. The molecule has 4 aromatic rings. The van der Waals surface area contributed by atoms with Gasteiger partial charge in [0.1, 0.15) is 12.6 Å². The fourth-order valence-corrected chi connectivity index (χ4v) is 5.03. The maximum atomic E-state index is 13.4. The Bertz CT molecular complexity index is 1530. The van der Waals surface area contributed by atoms with Crippen LogP contribution in [0.2, 0.25) is 0 Å². The maximum absolute atomic E-state index is 13.4. The van der Waals surface area contributed by atoms with Crippen molar-refractivity contribution in [2.45, 2.75) is 25.5 Å². The summed E-state index contributed by atoms with van der Waals surface area (Å²) in [5.74, 6) is -1.33. The molecule has 0 aliphatic heterocycles. The molecule has 216 valence electrons. The van der Waals surface area contributed by atoms with Crippen molar-refractivity contribution >= 4 is 57.1 Å². The number of benzene rings is 3. The Morgan fingerprint density at radius 2 is 1.67 bits per heavy atom. The van der Waals surface area contributed by atoms with Crippen molar-refractivity contribution < 1.29 is 28.7 Å². The molecular formula is C32H31N3O6S. The van der Waals surface area contributed by atoms with Crippen LogP contribution in [0.25, 0.3) is 16.2 Å². The Morgan fingerprint density at radius 3 is 2.45 bits per heavy atom. The van der Waals surface area contributed by atoms with Gasteiger partial charge in [-0.25, -0.2) is 9.59 Å². The Hall–Kier alpha value is -4.96. The molecule has 0 spiro atoms. The summed E-state index contributed by atoms with van der Waals surface area (Å²) < 4.78 is 10.9.